The molecule has 2 aromatic rings. The monoisotopic (exact) mass is 369 g/mol. The second-order valence-electron chi connectivity index (χ2n) is 7.75. The van der Waals surface area contributed by atoms with E-state index in [2.05, 4.69) is 31.2 Å². The van der Waals surface area contributed by atoms with E-state index in [1.807, 2.05) is 50.2 Å². The summed E-state index contributed by atoms with van der Waals surface area (Å²) in [5.74, 6) is -0.682. The molecule has 1 aliphatic heterocycles. The van der Waals surface area contributed by atoms with Crippen LogP contribution in [0.2, 0.25) is 0 Å². The maximum atomic E-state index is 6.97. The zero-order chi connectivity index (χ0) is 19.3. The van der Waals surface area contributed by atoms with Crippen LogP contribution in [0, 0.1) is 0 Å². The normalized spacial score (nSPS) is 23.9. The number of hydrogen-bond donors (Lipinski definition) is 1. The fraction of sp³-hybridized carbons (Fsp3) is 0.478. The van der Waals surface area contributed by atoms with Crippen molar-refractivity contribution >= 4 is 0 Å². The molecule has 2 aromatic carbocycles. The van der Waals surface area contributed by atoms with Gasteiger partial charge in [0.25, 0.3) is 0 Å². The highest BCUT2D eigenvalue weighted by Gasteiger charge is 2.51. The van der Waals surface area contributed by atoms with Gasteiger partial charge in [0, 0.05) is 0 Å². The van der Waals surface area contributed by atoms with Gasteiger partial charge in [0.1, 0.15) is 12.2 Å². The summed E-state index contributed by atoms with van der Waals surface area (Å²) in [7, 11) is 0. The molecule has 0 aromatic heterocycles. The molecule has 1 aliphatic rings. The van der Waals surface area contributed by atoms with Crippen molar-refractivity contribution in [1.82, 2.24) is 0 Å². The predicted octanol–water partition coefficient (Wildman–Crippen LogP) is 4.38. The van der Waals surface area contributed by atoms with Crippen molar-refractivity contribution in [3.63, 3.8) is 0 Å². The number of rotatable bonds is 8. The quantitative estimate of drug-likeness (QED) is 0.750. The van der Waals surface area contributed by atoms with Gasteiger partial charge in [-0.25, -0.2) is 0 Å². The van der Waals surface area contributed by atoms with Crippen LogP contribution in [0.3, 0.4) is 0 Å². The van der Waals surface area contributed by atoms with E-state index in [1.165, 1.54) is 0 Å². The summed E-state index contributed by atoms with van der Waals surface area (Å²) >= 11 is 0. The Kier molecular flexibility index (Phi) is 6.33. The molecular formula is C23H31NO3. The van der Waals surface area contributed by atoms with Gasteiger partial charge in [-0.05, 0) is 31.4 Å². The van der Waals surface area contributed by atoms with E-state index >= 15 is 0 Å². The molecule has 1 saturated heterocycles. The summed E-state index contributed by atoms with van der Waals surface area (Å²) in [5.41, 5.74) is 8.57. The van der Waals surface area contributed by atoms with Gasteiger partial charge >= 0.3 is 0 Å². The van der Waals surface area contributed by atoms with Gasteiger partial charge in [-0.1, -0.05) is 74.0 Å². The molecule has 0 bridgehead atoms. The highest BCUT2D eigenvalue weighted by molar-refractivity contribution is 5.27. The first kappa shape index (κ1) is 20.0. The smallest absolute Gasteiger partial charge is 0.163 e. The van der Waals surface area contributed by atoms with Crippen molar-refractivity contribution in [3.8, 4) is 0 Å². The average molecular weight is 370 g/mol. The van der Waals surface area contributed by atoms with Gasteiger partial charge in [-0.15, -0.1) is 0 Å². The Hall–Kier alpha value is -1.72. The van der Waals surface area contributed by atoms with E-state index in [0.29, 0.717) is 13.2 Å². The van der Waals surface area contributed by atoms with Gasteiger partial charge in [0.15, 0.2) is 5.79 Å². The Balaban J connectivity index is 1.77. The maximum Gasteiger partial charge on any atom is 0.163 e. The van der Waals surface area contributed by atoms with Crippen molar-refractivity contribution in [2.24, 2.45) is 5.73 Å². The third-order valence-electron chi connectivity index (χ3n) is 5.06. The Morgan fingerprint density at radius 1 is 1.00 bits per heavy atom. The van der Waals surface area contributed by atoms with Crippen LogP contribution in [0.1, 0.15) is 44.7 Å². The molecule has 0 spiro atoms. The van der Waals surface area contributed by atoms with E-state index < -0.39 is 11.3 Å². The van der Waals surface area contributed by atoms with E-state index in [0.717, 1.165) is 24.0 Å². The first-order chi connectivity index (χ1) is 12.9. The molecular weight excluding hydrogens is 338 g/mol. The Morgan fingerprint density at radius 3 is 2.26 bits per heavy atom. The van der Waals surface area contributed by atoms with Crippen molar-refractivity contribution < 1.29 is 14.2 Å². The molecule has 3 rings (SSSR count). The molecule has 1 heterocycles. The van der Waals surface area contributed by atoms with Crippen LogP contribution in [0.4, 0.5) is 0 Å². The minimum absolute atomic E-state index is 0.222. The maximum absolute atomic E-state index is 6.97. The lowest BCUT2D eigenvalue weighted by Crippen LogP contribution is -2.53. The molecule has 0 aliphatic carbocycles. The van der Waals surface area contributed by atoms with Crippen LogP contribution in [-0.2, 0) is 26.4 Å². The van der Waals surface area contributed by atoms with Crippen LogP contribution in [-0.4, -0.2) is 24.6 Å². The van der Waals surface area contributed by atoms with Crippen LogP contribution in [0.25, 0.3) is 0 Å². The standard InChI is InChI=1S/C23H31NO3/c1-4-15-23(24,19-13-9-6-10-14-19)21-20(26-22(2,3)27-21)17-25-16-18-11-7-5-8-12-18/h5-14,20-21H,4,15-17,24H2,1-3H3/t20-,21+,23-/m0/s1. The lowest BCUT2D eigenvalue weighted by atomic mass is 9.79. The van der Waals surface area contributed by atoms with Crippen LogP contribution >= 0.6 is 0 Å². The van der Waals surface area contributed by atoms with E-state index in [9.17, 15) is 0 Å². The van der Waals surface area contributed by atoms with Crippen LogP contribution < -0.4 is 5.73 Å². The molecule has 146 valence electrons. The first-order valence-electron chi connectivity index (χ1n) is 9.76. The number of benzene rings is 2. The molecule has 1 fully saturated rings. The molecule has 0 saturated carbocycles. The van der Waals surface area contributed by atoms with Crippen molar-refractivity contribution in [1.29, 1.82) is 0 Å². The SMILES string of the molecule is CCC[C@](N)(c1ccccc1)[C@@H]1OC(C)(C)O[C@H]1COCc1ccccc1. The van der Waals surface area contributed by atoms with Gasteiger partial charge in [0.05, 0.1) is 18.8 Å². The molecule has 4 nitrogen and oxygen atoms in total. The topological polar surface area (TPSA) is 53.7 Å². The van der Waals surface area contributed by atoms with Gasteiger partial charge < -0.3 is 19.9 Å². The number of ether oxygens (including phenoxy) is 3. The largest absolute Gasteiger partial charge is 0.374 e. The molecule has 2 N–H and O–H groups in total. The second-order valence-corrected chi connectivity index (χ2v) is 7.75. The highest BCUT2D eigenvalue weighted by Crippen LogP contribution is 2.40. The summed E-state index contributed by atoms with van der Waals surface area (Å²) in [6.07, 6.45) is 1.28. The van der Waals surface area contributed by atoms with E-state index in [4.69, 9.17) is 19.9 Å². The van der Waals surface area contributed by atoms with Gasteiger partial charge in [-0.3, -0.25) is 0 Å². The van der Waals surface area contributed by atoms with E-state index in [1.54, 1.807) is 0 Å². The second kappa shape index (κ2) is 8.53. The highest BCUT2D eigenvalue weighted by atomic mass is 16.8. The third-order valence-corrected chi connectivity index (χ3v) is 5.06. The third kappa shape index (κ3) is 4.77. The molecule has 0 amide bonds. The molecule has 3 atom stereocenters. The summed E-state index contributed by atoms with van der Waals surface area (Å²) in [5, 5.41) is 0. The van der Waals surface area contributed by atoms with Crippen LogP contribution in [0.5, 0.6) is 0 Å². The molecule has 0 radical (unpaired) electrons. The Labute approximate surface area is 162 Å². The summed E-state index contributed by atoms with van der Waals surface area (Å²) < 4.78 is 18.5. The van der Waals surface area contributed by atoms with E-state index in [-0.39, 0.29) is 12.2 Å². The van der Waals surface area contributed by atoms with Gasteiger partial charge in [-0.2, -0.15) is 0 Å². The summed E-state index contributed by atoms with van der Waals surface area (Å²) in [4.78, 5) is 0. The first-order valence-corrected chi connectivity index (χ1v) is 9.76. The van der Waals surface area contributed by atoms with Crippen molar-refractivity contribution in [3.05, 3.63) is 71.8 Å². The lowest BCUT2D eigenvalue weighted by Gasteiger charge is -2.37. The van der Waals surface area contributed by atoms with Gasteiger partial charge in [0.2, 0.25) is 0 Å². The Morgan fingerprint density at radius 2 is 1.63 bits per heavy atom. The minimum atomic E-state index is -0.682. The zero-order valence-electron chi connectivity index (χ0n) is 16.6. The molecule has 0 unspecified atom stereocenters. The average Bonchev–Trinajstić information content (AvgIpc) is 2.98. The fourth-order valence-corrected chi connectivity index (χ4v) is 3.87. The lowest BCUT2D eigenvalue weighted by molar-refractivity contribution is -0.156. The van der Waals surface area contributed by atoms with Crippen molar-refractivity contribution in [2.75, 3.05) is 6.61 Å². The number of nitrogens with two attached hydrogens (primary N) is 1. The summed E-state index contributed by atoms with van der Waals surface area (Å²) in [6, 6.07) is 20.4. The predicted molar refractivity (Wildman–Crippen MR) is 107 cm³/mol. The number of hydrogen-bond acceptors (Lipinski definition) is 4. The molecule has 4 heteroatoms. The fourth-order valence-electron chi connectivity index (χ4n) is 3.87. The summed E-state index contributed by atoms with van der Waals surface area (Å²) in [6.45, 7) is 7.01. The minimum Gasteiger partial charge on any atom is -0.374 e. The molecule has 27 heavy (non-hydrogen) atoms. The van der Waals surface area contributed by atoms with Crippen molar-refractivity contribution in [2.45, 2.75) is 63.8 Å². The zero-order valence-corrected chi connectivity index (χ0v) is 16.6. The van der Waals surface area contributed by atoms with Crippen LogP contribution in [0.15, 0.2) is 60.7 Å². The Bertz CT molecular complexity index is 704.